The number of hydrazine groups is 1. The Morgan fingerprint density at radius 2 is 2.05 bits per heavy atom. The predicted octanol–water partition coefficient (Wildman–Crippen LogP) is 2.44. The van der Waals surface area contributed by atoms with Crippen LogP contribution in [0.2, 0.25) is 5.15 Å². The second kappa shape index (κ2) is 5.74. The molecule has 5 heteroatoms. The summed E-state index contributed by atoms with van der Waals surface area (Å²) in [5.74, 6) is 5.71. The molecule has 0 saturated heterocycles. The van der Waals surface area contributed by atoms with Crippen molar-refractivity contribution in [3.63, 3.8) is 0 Å². The van der Waals surface area contributed by atoms with E-state index in [1.165, 1.54) is 11.1 Å². The maximum absolute atomic E-state index is 6.27. The van der Waals surface area contributed by atoms with Gasteiger partial charge in [-0.25, -0.2) is 0 Å². The van der Waals surface area contributed by atoms with Crippen LogP contribution in [0.5, 0.6) is 0 Å². The molecule has 0 radical (unpaired) electrons. The SMILES string of the molecule is Cc1ccccc1C(Cc1c(C)nn(C)c1Cl)NN. The van der Waals surface area contributed by atoms with Gasteiger partial charge in [0.1, 0.15) is 5.15 Å². The molecule has 0 aliphatic rings. The molecule has 0 aliphatic heterocycles. The molecule has 0 fully saturated rings. The first-order valence-electron chi connectivity index (χ1n) is 6.24. The number of nitrogens with zero attached hydrogens (tertiary/aromatic N) is 2. The zero-order valence-electron chi connectivity index (χ0n) is 11.4. The number of aryl methyl sites for hydroxylation is 3. The lowest BCUT2D eigenvalue weighted by Crippen LogP contribution is -2.30. The fourth-order valence-corrected chi connectivity index (χ4v) is 2.60. The van der Waals surface area contributed by atoms with Crippen LogP contribution in [0.25, 0.3) is 0 Å². The monoisotopic (exact) mass is 278 g/mol. The van der Waals surface area contributed by atoms with Crippen LogP contribution < -0.4 is 11.3 Å². The average molecular weight is 279 g/mol. The first-order valence-corrected chi connectivity index (χ1v) is 6.62. The van der Waals surface area contributed by atoms with Crippen molar-refractivity contribution in [2.75, 3.05) is 0 Å². The van der Waals surface area contributed by atoms with Crippen LogP contribution in [0.15, 0.2) is 24.3 Å². The number of hydrogen-bond donors (Lipinski definition) is 2. The highest BCUT2D eigenvalue weighted by molar-refractivity contribution is 6.30. The number of benzene rings is 1. The van der Waals surface area contributed by atoms with Gasteiger partial charge in [0.15, 0.2) is 0 Å². The van der Waals surface area contributed by atoms with Crippen LogP contribution in [0.3, 0.4) is 0 Å². The van der Waals surface area contributed by atoms with Crippen LogP contribution >= 0.6 is 11.6 Å². The predicted molar refractivity (Wildman–Crippen MR) is 77.9 cm³/mol. The van der Waals surface area contributed by atoms with E-state index in [2.05, 4.69) is 29.6 Å². The lowest BCUT2D eigenvalue weighted by Gasteiger charge is -2.18. The fourth-order valence-electron chi connectivity index (χ4n) is 2.35. The van der Waals surface area contributed by atoms with E-state index in [0.717, 1.165) is 17.7 Å². The molecule has 0 spiro atoms. The van der Waals surface area contributed by atoms with Gasteiger partial charge in [0.05, 0.1) is 11.7 Å². The lowest BCUT2D eigenvalue weighted by atomic mass is 9.96. The van der Waals surface area contributed by atoms with Crippen LogP contribution in [-0.2, 0) is 13.5 Å². The summed E-state index contributed by atoms with van der Waals surface area (Å²) in [6, 6.07) is 8.23. The molecule has 1 unspecified atom stereocenters. The van der Waals surface area contributed by atoms with E-state index < -0.39 is 0 Å². The molecule has 1 aromatic heterocycles. The number of nitrogens with two attached hydrogens (primary N) is 1. The maximum atomic E-state index is 6.27. The Kier molecular flexibility index (Phi) is 4.24. The minimum atomic E-state index is 0.0293. The molecule has 0 bridgehead atoms. The first kappa shape index (κ1) is 14.1. The van der Waals surface area contributed by atoms with E-state index in [9.17, 15) is 0 Å². The summed E-state index contributed by atoms with van der Waals surface area (Å²) in [5.41, 5.74) is 7.25. The largest absolute Gasteiger partial charge is 0.271 e. The highest BCUT2D eigenvalue weighted by Gasteiger charge is 2.18. The number of hydrogen-bond acceptors (Lipinski definition) is 3. The maximum Gasteiger partial charge on any atom is 0.130 e. The highest BCUT2D eigenvalue weighted by Crippen LogP contribution is 2.26. The zero-order chi connectivity index (χ0) is 14.0. The fraction of sp³-hybridized carbons (Fsp3) is 0.357. The van der Waals surface area contributed by atoms with Crippen molar-refractivity contribution in [3.05, 3.63) is 51.8 Å². The summed E-state index contributed by atoms with van der Waals surface area (Å²) in [6.45, 7) is 4.05. The molecule has 4 nitrogen and oxygen atoms in total. The van der Waals surface area contributed by atoms with Gasteiger partial charge >= 0.3 is 0 Å². The Labute approximate surface area is 118 Å². The van der Waals surface area contributed by atoms with Gasteiger partial charge in [-0.2, -0.15) is 5.10 Å². The Morgan fingerprint density at radius 1 is 1.37 bits per heavy atom. The molecule has 19 heavy (non-hydrogen) atoms. The Morgan fingerprint density at radius 3 is 2.58 bits per heavy atom. The molecule has 1 heterocycles. The van der Waals surface area contributed by atoms with Gasteiger partial charge in [-0.15, -0.1) is 0 Å². The van der Waals surface area contributed by atoms with Gasteiger partial charge < -0.3 is 0 Å². The van der Waals surface area contributed by atoms with Gasteiger partial charge in [0.25, 0.3) is 0 Å². The Bertz CT molecular complexity index is 577. The van der Waals surface area contributed by atoms with E-state index in [4.69, 9.17) is 17.4 Å². The Balaban J connectivity index is 2.32. The summed E-state index contributed by atoms with van der Waals surface area (Å²) in [7, 11) is 1.84. The first-order chi connectivity index (χ1) is 9.04. The molecular formula is C14H19ClN4. The van der Waals surface area contributed by atoms with E-state index >= 15 is 0 Å². The summed E-state index contributed by atoms with van der Waals surface area (Å²) < 4.78 is 1.69. The van der Waals surface area contributed by atoms with Gasteiger partial charge in [0, 0.05) is 12.6 Å². The molecule has 0 aliphatic carbocycles. The van der Waals surface area contributed by atoms with Crippen molar-refractivity contribution in [2.45, 2.75) is 26.3 Å². The van der Waals surface area contributed by atoms with Gasteiger partial charge in [-0.1, -0.05) is 35.9 Å². The van der Waals surface area contributed by atoms with Crippen molar-refractivity contribution >= 4 is 11.6 Å². The summed E-state index contributed by atoms with van der Waals surface area (Å²) in [6.07, 6.45) is 0.722. The third-order valence-corrected chi connectivity index (χ3v) is 3.92. The molecule has 2 rings (SSSR count). The van der Waals surface area contributed by atoms with E-state index in [1.807, 2.05) is 26.1 Å². The molecule has 1 aromatic carbocycles. The van der Waals surface area contributed by atoms with Crippen LogP contribution in [0.4, 0.5) is 0 Å². The van der Waals surface area contributed by atoms with Crippen LogP contribution in [-0.4, -0.2) is 9.78 Å². The number of nitrogens with one attached hydrogen (secondary N) is 1. The second-order valence-electron chi connectivity index (χ2n) is 4.76. The standard InChI is InChI=1S/C14H19ClN4/c1-9-6-4-5-7-11(9)13(17-16)8-12-10(2)18-19(3)14(12)15/h4-7,13,17H,8,16H2,1-3H3. The second-order valence-corrected chi connectivity index (χ2v) is 5.12. The molecule has 2 aromatic rings. The zero-order valence-corrected chi connectivity index (χ0v) is 12.2. The molecule has 1 atom stereocenters. The highest BCUT2D eigenvalue weighted by atomic mass is 35.5. The van der Waals surface area contributed by atoms with Crippen LogP contribution in [0, 0.1) is 13.8 Å². The smallest absolute Gasteiger partial charge is 0.130 e. The Hall–Kier alpha value is -1.36. The average Bonchev–Trinajstić information content (AvgIpc) is 2.63. The van der Waals surface area contributed by atoms with Gasteiger partial charge in [-0.3, -0.25) is 16.0 Å². The minimum Gasteiger partial charge on any atom is -0.271 e. The third-order valence-electron chi connectivity index (χ3n) is 3.44. The van der Waals surface area contributed by atoms with Crippen molar-refractivity contribution in [2.24, 2.45) is 12.9 Å². The lowest BCUT2D eigenvalue weighted by molar-refractivity contribution is 0.548. The summed E-state index contributed by atoms with van der Waals surface area (Å²) >= 11 is 6.27. The molecule has 0 saturated carbocycles. The minimum absolute atomic E-state index is 0.0293. The van der Waals surface area contributed by atoms with Crippen molar-refractivity contribution in [3.8, 4) is 0 Å². The van der Waals surface area contributed by atoms with Crippen molar-refractivity contribution < 1.29 is 0 Å². The van der Waals surface area contributed by atoms with E-state index in [0.29, 0.717) is 5.15 Å². The quantitative estimate of drug-likeness (QED) is 0.667. The number of rotatable bonds is 4. The molecule has 102 valence electrons. The molecule has 3 N–H and O–H groups in total. The van der Waals surface area contributed by atoms with Gasteiger partial charge in [0.2, 0.25) is 0 Å². The normalized spacial score (nSPS) is 12.7. The topological polar surface area (TPSA) is 55.9 Å². The molecular weight excluding hydrogens is 260 g/mol. The summed E-state index contributed by atoms with van der Waals surface area (Å²) in [5, 5.41) is 5.00. The number of halogens is 1. The van der Waals surface area contributed by atoms with Crippen LogP contribution in [0.1, 0.15) is 28.4 Å². The van der Waals surface area contributed by atoms with Crippen molar-refractivity contribution in [1.82, 2.24) is 15.2 Å². The van der Waals surface area contributed by atoms with Gasteiger partial charge in [-0.05, 0) is 31.4 Å². The molecule has 0 amide bonds. The summed E-state index contributed by atoms with van der Waals surface area (Å²) in [4.78, 5) is 0. The van der Waals surface area contributed by atoms with E-state index in [-0.39, 0.29) is 6.04 Å². The van der Waals surface area contributed by atoms with Crippen molar-refractivity contribution in [1.29, 1.82) is 0 Å². The van der Waals surface area contributed by atoms with E-state index in [1.54, 1.807) is 4.68 Å². The third kappa shape index (κ3) is 2.81. The number of aromatic nitrogens is 2.